The fourth-order valence-electron chi connectivity index (χ4n) is 10.4. The van der Waals surface area contributed by atoms with Gasteiger partial charge in [-0.3, -0.25) is 4.57 Å². The molecule has 0 radical (unpaired) electrons. The summed E-state index contributed by atoms with van der Waals surface area (Å²) in [5, 5.41) is 2.28. The minimum Gasteiger partial charge on any atom is -0.457 e. The molecular formula is C70H70N4O. The molecule has 0 amide bonds. The molecule has 0 bridgehead atoms. The summed E-state index contributed by atoms with van der Waals surface area (Å²) >= 11 is 0. The average Bonchev–Trinajstić information content (AvgIpc) is 4.18. The maximum atomic E-state index is 8.80. The summed E-state index contributed by atoms with van der Waals surface area (Å²) in [4.78, 5) is 9.85. The van der Waals surface area contributed by atoms with E-state index in [0.29, 0.717) is 12.2 Å². The Kier molecular flexibility index (Phi) is 11.0. The lowest BCUT2D eigenvalue weighted by Crippen LogP contribution is -2.25. The van der Waals surface area contributed by atoms with Gasteiger partial charge in [0.05, 0.1) is 33.6 Å². The van der Waals surface area contributed by atoms with Crippen LogP contribution in [0, 0.1) is 0 Å². The third kappa shape index (κ3) is 9.50. The Labute approximate surface area is 450 Å². The summed E-state index contributed by atoms with van der Waals surface area (Å²) < 4.78 is 43.0. The SMILES string of the molecule is [2H]c1cc(-c2ccc(-c3cc(C(C)(C)C)cc(-c4cc(C(C)(C)C)cc(C(C)(C)C)c4)c3N3CN(c4cccc(Oc5ccc6c7ccccc7n(-c7ccc(C(C)(C)C)cn7)c6c5)c4)c4ccccc43)cc2)c([2H])c([2H])c1[2H]. The quantitative estimate of drug-likeness (QED) is 0.152. The number of fused-ring (bicyclic) bond motifs is 4. The van der Waals surface area contributed by atoms with Crippen LogP contribution >= 0.6 is 0 Å². The summed E-state index contributed by atoms with van der Waals surface area (Å²) in [5.41, 5.74) is 16.3. The first-order chi connectivity index (χ1) is 37.3. The molecule has 5 nitrogen and oxygen atoms in total. The van der Waals surface area contributed by atoms with Crippen molar-refractivity contribution in [3.63, 3.8) is 0 Å². The van der Waals surface area contributed by atoms with Gasteiger partial charge in [-0.25, -0.2) is 4.98 Å². The lowest BCUT2D eigenvalue weighted by atomic mass is 9.77. The Morgan fingerprint density at radius 2 is 1.04 bits per heavy atom. The normalized spacial score (nSPS) is 14.0. The Hall–Kier alpha value is -7.89. The minimum absolute atomic E-state index is 0.0142. The third-order valence-electron chi connectivity index (χ3n) is 14.9. The largest absolute Gasteiger partial charge is 0.457 e. The molecule has 0 fully saturated rings. The summed E-state index contributed by atoms with van der Waals surface area (Å²) in [6, 6.07) is 57.3. The molecule has 2 aromatic heterocycles. The maximum Gasteiger partial charge on any atom is 0.137 e. The van der Waals surface area contributed by atoms with E-state index in [1.54, 1.807) is 0 Å². The molecule has 0 unspecified atom stereocenters. The van der Waals surface area contributed by atoms with E-state index in [1.165, 1.54) is 28.3 Å². The van der Waals surface area contributed by atoms with Crippen LogP contribution in [0.3, 0.4) is 0 Å². The molecule has 75 heavy (non-hydrogen) atoms. The van der Waals surface area contributed by atoms with Crippen LogP contribution in [0.15, 0.2) is 194 Å². The van der Waals surface area contributed by atoms with Crippen LogP contribution in [0.1, 0.15) is 111 Å². The van der Waals surface area contributed by atoms with Gasteiger partial charge >= 0.3 is 0 Å². The fourth-order valence-corrected chi connectivity index (χ4v) is 10.4. The predicted molar refractivity (Wildman–Crippen MR) is 318 cm³/mol. The molecule has 376 valence electrons. The number of nitrogens with zero attached hydrogens (tertiary/aromatic N) is 4. The van der Waals surface area contributed by atoms with Crippen LogP contribution in [-0.2, 0) is 21.7 Å². The van der Waals surface area contributed by atoms with Gasteiger partial charge in [0.15, 0.2) is 0 Å². The van der Waals surface area contributed by atoms with Gasteiger partial charge in [-0.05, 0) is 127 Å². The number of hydrogen-bond acceptors (Lipinski definition) is 4. The zero-order valence-electron chi connectivity index (χ0n) is 49.6. The lowest BCUT2D eigenvalue weighted by molar-refractivity contribution is 0.483. The second kappa shape index (κ2) is 18.5. The van der Waals surface area contributed by atoms with Crippen LogP contribution in [0.25, 0.3) is 61.0 Å². The van der Waals surface area contributed by atoms with Crippen molar-refractivity contribution in [1.82, 2.24) is 9.55 Å². The highest BCUT2D eigenvalue weighted by Gasteiger charge is 2.34. The average molecular weight is 987 g/mol. The molecule has 1 aliphatic heterocycles. The molecule has 3 heterocycles. The molecule has 11 rings (SSSR count). The van der Waals surface area contributed by atoms with E-state index < -0.39 is 0 Å². The predicted octanol–water partition coefficient (Wildman–Crippen LogP) is 19.4. The summed E-state index contributed by atoms with van der Waals surface area (Å²) in [6.07, 6.45) is 1.99. The van der Waals surface area contributed by atoms with Crippen molar-refractivity contribution in [2.75, 3.05) is 16.5 Å². The van der Waals surface area contributed by atoms with E-state index in [2.05, 4.69) is 237 Å². The number of para-hydroxylation sites is 3. The molecule has 0 aliphatic carbocycles. The third-order valence-corrected chi connectivity index (χ3v) is 14.9. The van der Waals surface area contributed by atoms with Crippen molar-refractivity contribution in [3.05, 3.63) is 216 Å². The molecule has 0 spiro atoms. The molecule has 1 aliphatic rings. The monoisotopic (exact) mass is 987 g/mol. The number of aromatic nitrogens is 2. The minimum atomic E-state index is -0.241. The van der Waals surface area contributed by atoms with Gasteiger partial charge in [0, 0.05) is 45.9 Å². The summed E-state index contributed by atoms with van der Waals surface area (Å²) in [7, 11) is 0. The number of ether oxygens (including phenoxy) is 1. The molecular weight excluding hydrogens is 913 g/mol. The first-order valence-corrected chi connectivity index (χ1v) is 26.3. The van der Waals surface area contributed by atoms with Crippen LogP contribution < -0.4 is 14.5 Å². The van der Waals surface area contributed by atoms with Crippen LogP contribution in [0.5, 0.6) is 11.5 Å². The second-order valence-corrected chi connectivity index (χ2v) is 24.4. The highest BCUT2D eigenvalue weighted by molar-refractivity contribution is 6.09. The van der Waals surface area contributed by atoms with Gasteiger partial charge in [0.1, 0.15) is 24.0 Å². The Balaban J connectivity index is 1.04. The van der Waals surface area contributed by atoms with Gasteiger partial charge in [0.25, 0.3) is 0 Å². The summed E-state index contributed by atoms with van der Waals surface area (Å²) in [6.45, 7) is 27.7. The number of rotatable bonds is 8. The van der Waals surface area contributed by atoms with Crippen molar-refractivity contribution >= 4 is 44.6 Å². The summed E-state index contributed by atoms with van der Waals surface area (Å²) in [5.74, 6) is 2.30. The van der Waals surface area contributed by atoms with Crippen molar-refractivity contribution in [2.45, 2.75) is 105 Å². The van der Waals surface area contributed by atoms with Gasteiger partial charge in [0.2, 0.25) is 0 Å². The fraction of sp³-hybridized carbons (Fsp3) is 0.243. The van der Waals surface area contributed by atoms with Gasteiger partial charge < -0.3 is 14.5 Å². The van der Waals surface area contributed by atoms with Crippen LogP contribution in [0.4, 0.5) is 22.7 Å². The molecule has 10 aromatic rings. The van der Waals surface area contributed by atoms with Gasteiger partial charge in [-0.2, -0.15) is 0 Å². The van der Waals surface area contributed by atoms with Crippen LogP contribution in [-0.4, -0.2) is 16.2 Å². The Morgan fingerprint density at radius 3 is 1.71 bits per heavy atom. The molecule has 8 aromatic carbocycles. The van der Waals surface area contributed by atoms with E-state index in [-0.39, 0.29) is 45.8 Å². The second-order valence-electron chi connectivity index (χ2n) is 24.4. The first kappa shape index (κ1) is 44.6. The van der Waals surface area contributed by atoms with Crippen molar-refractivity contribution in [2.24, 2.45) is 0 Å². The zero-order valence-corrected chi connectivity index (χ0v) is 45.6. The van der Waals surface area contributed by atoms with E-state index in [9.17, 15) is 0 Å². The highest BCUT2D eigenvalue weighted by atomic mass is 16.5. The standard InChI is InChI=1S/C70H70N4O/c1-67(2,3)50-33-36-65(71-44-50)74-61-26-17-16-25-57(61)58-35-34-56(43-64(58)74)75-55-24-20-23-54(42-55)72-45-73(63-28-19-18-27-62(63)72)66-59(48-31-29-47(30-32-48)46-21-14-13-15-22-46)40-53(70(10,11)12)41-60(66)49-37-51(68(4,5)6)39-52(38-49)69(7,8)9/h13-44H,45H2,1-12H3/i13D,14D,15D,21D. The topological polar surface area (TPSA) is 33.5 Å². The maximum absolute atomic E-state index is 8.80. The number of anilines is 4. The smallest absolute Gasteiger partial charge is 0.137 e. The van der Waals surface area contributed by atoms with Crippen molar-refractivity contribution < 1.29 is 10.2 Å². The van der Waals surface area contributed by atoms with Crippen molar-refractivity contribution in [1.29, 1.82) is 0 Å². The highest BCUT2D eigenvalue weighted by Crippen LogP contribution is 2.52. The van der Waals surface area contributed by atoms with Crippen LogP contribution in [0.2, 0.25) is 0 Å². The number of hydrogen-bond donors (Lipinski definition) is 0. The molecule has 5 heteroatoms. The van der Waals surface area contributed by atoms with E-state index in [1.807, 2.05) is 24.4 Å². The first-order valence-electron chi connectivity index (χ1n) is 28.3. The zero-order chi connectivity index (χ0) is 56.1. The van der Waals surface area contributed by atoms with Gasteiger partial charge in [-0.15, -0.1) is 0 Å². The Morgan fingerprint density at radius 1 is 0.440 bits per heavy atom. The molecule has 0 N–H and O–H groups in total. The molecule has 0 saturated carbocycles. The lowest BCUT2D eigenvalue weighted by Gasteiger charge is -2.32. The van der Waals surface area contributed by atoms with E-state index in [4.69, 9.17) is 15.2 Å². The van der Waals surface area contributed by atoms with E-state index >= 15 is 0 Å². The number of benzene rings is 8. The molecule has 0 atom stereocenters. The number of pyridine rings is 1. The molecule has 0 saturated heterocycles. The Bertz CT molecular complexity index is 3970. The van der Waals surface area contributed by atoms with Crippen molar-refractivity contribution in [3.8, 4) is 50.7 Å². The van der Waals surface area contributed by atoms with E-state index in [0.717, 1.165) is 89.7 Å². The van der Waals surface area contributed by atoms with Gasteiger partial charge in [-0.1, -0.05) is 198 Å².